The Kier molecular flexibility index (Phi) is 4.99. The SMILES string of the molecule is CCOc1cc2ncc(C#N)c(Nc3ccccc3)c2cc1NC(C)=O. The summed E-state index contributed by atoms with van der Waals surface area (Å²) in [6.45, 7) is 3.77. The van der Waals surface area contributed by atoms with Gasteiger partial charge >= 0.3 is 0 Å². The predicted octanol–water partition coefficient (Wildman–Crippen LogP) is 4.21. The molecule has 0 spiro atoms. The summed E-state index contributed by atoms with van der Waals surface area (Å²) in [4.78, 5) is 15.9. The number of hydrogen-bond donors (Lipinski definition) is 2. The van der Waals surface area contributed by atoms with Crippen LogP contribution in [-0.2, 0) is 4.79 Å². The highest BCUT2D eigenvalue weighted by atomic mass is 16.5. The molecule has 0 atom stereocenters. The molecule has 26 heavy (non-hydrogen) atoms. The van der Waals surface area contributed by atoms with E-state index in [2.05, 4.69) is 21.7 Å². The number of nitrogens with zero attached hydrogens (tertiary/aromatic N) is 2. The number of carbonyl (C=O) groups excluding carboxylic acids is 1. The number of carbonyl (C=O) groups is 1. The molecule has 0 bridgehead atoms. The number of benzene rings is 2. The molecule has 0 aliphatic carbocycles. The summed E-state index contributed by atoms with van der Waals surface area (Å²) in [5.74, 6) is 0.338. The third kappa shape index (κ3) is 3.57. The zero-order chi connectivity index (χ0) is 18.5. The number of rotatable bonds is 5. The number of amides is 1. The van der Waals surface area contributed by atoms with Gasteiger partial charge in [0.15, 0.2) is 0 Å². The van der Waals surface area contributed by atoms with Crippen LogP contribution in [0.3, 0.4) is 0 Å². The quantitative estimate of drug-likeness (QED) is 0.723. The van der Waals surface area contributed by atoms with Crippen molar-refractivity contribution < 1.29 is 9.53 Å². The maximum absolute atomic E-state index is 11.6. The number of anilines is 3. The van der Waals surface area contributed by atoms with E-state index in [9.17, 15) is 10.1 Å². The molecule has 6 heteroatoms. The van der Waals surface area contributed by atoms with E-state index in [0.29, 0.717) is 34.8 Å². The Balaban J connectivity index is 2.20. The molecule has 0 aliphatic heterocycles. The van der Waals surface area contributed by atoms with Crippen molar-refractivity contribution in [1.82, 2.24) is 4.98 Å². The molecule has 130 valence electrons. The zero-order valence-electron chi connectivity index (χ0n) is 14.5. The Bertz CT molecular complexity index is 994. The molecule has 1 amide bonds. The van der Waals surface area contributed by atoms with E-state index >= 15 is 0 Å². The number of pyridine rings is 1. The lowest BCUT2D eigenvalue weighted by molar-refractivity contribution is -0.114. The second kappa shape index (κ2) is 7.53. The summed E-state index contributed by atoms with van der Waals surface area (Å²) in [6, 6.07) is 15.3. The van der Waals surface area contributed by atoms with Crippen molar-refractivity contribution in [3.63, 3.8) is 0 Å². The Hall–Kier alpha value is -3.59. The average Bonchev–Trinajstić information content (AvgIpc) is 2.63. The lowest BCUT2D eigenvalue weighted by Crippen LogP contribution is -2.08. The van der Waals surface area contributed by atoms with E-state index in [1.807, 2.05) is 37.3 Å². The highest BCUT2D eigenvalue weighted by Gasteiger charge is 2.14. The summed E-state index contributed by atoms with van der Waals surface area (Å²) in [7, 11) is 0. The first-order valence-corrected chi connectivity index (χ1v) is 8.21. The zero-order valence-corrected chi connectivity index (χ0v) is 14.5. The highest BCUT2D eigenvalue weighted by molar-refractivity contribution is 6.01. The van der Waals surface area contributed by atoms with Crippen molar-refractivity contribution in [3.8, 4) is 11.8 Å². The normalized spacial score (nSPS) is 10.2. The number of fused-ring (bicyclic) bond motifs is 1. The number of hydrogen-bond acceptors (Lipinski definition) is 5. The number of nitrogens with one attached hydrogen (secondary N) is 2. The Morgan fingerprint density at radius 3 is 2.69 bits per heavy atom. The van der Waals surface area contributed by atoms with Crippen LogP contribution in [0.5, 0.6) is 5.75 Å². The van der Waals surface area contributed by atoms with Gasteiger partial charge in [0.1, 0.15) is 11.8 Å². The van der Waals surface area contributed by atoms with Gasteiger partial charge in [-0.05, 0) is 25.1 Å². The molecule has 0 radical (unpaired) electrons. The van der Waals surface area contributed by atoms with Crippen molar-refractivity contribution in [1.29, 1.82) is 5.26 Å². The van der Waals surface area contributed by atoms with Crippen LogP contribution < -0.4 is 15.4 Å². The van der Waals surface area contributed by atoms with Gasteiger partial charge in [0.25, 0.3) is 0 Å². The van der Waals surface area contributed by atoms with Crippen molar-refractivity contribution in [2.75, 3.05) is 17.2 Å². The standard InChI is InChI=1S/C20H18N4O2/c1-3-26-19-10-17-16(9-18(19)23-13(2)25)20(14(11-21)12-22-17)24-15-7-5-4-6-8-15/h4-10,12H,3H2,1-2H3,(H,22,24)(H,23,25). The van der Waals surface area contributed by atoms with E-state index < -0.39 is 0 Å². The summed E-state index contributed by atoms with van der Waals surface area (Å²) < 4.78 is 5.62. The van der Waals surface area contributed by atoms with Crippen LogP contribution in [0.25, 0.3) is 10.9 Å². The maximum Gasteiger partial charge on any atom is 0.221 e. The number of ether oxygens (including phenoxy) is 1. The summed E-state index contributed by atoms with van der Waals surface area (Å²) >= 11 is 0. The largest absolute Gasteiger partial charge is 0.492 e. The lowest BCUT2D eigenvalue weighted by atomic mass is 10.1. The van der Waals surface area contributed by atoms with E-state index in [1.54, 1.807) is 12.1 Å². The van der Waals surface area contributed by atoms with Gasteiger partial charge in [-0.3, -0.25) is 9.78 Å². The second-order valence-electron chi connectivity index (χ2n) is 5.63. The summed E-state index contributed by atoms with van der Waals surface area (Å²) in [6.07, 6.45) is 1.53. The number of nitriles is 1. The van der Waals surface area contributed by atoms with Crippen LogP contribution in [-0.4, -0.2) is 17.5 Å². The first-order valence-electron chi connectivity index (χ1n) is 8.21. The monoisotopic (exact) mass is 346 g/mol. The molecule has 0 saturated carbocycles. The second-order valence-corrected chi connectivity index (χ2v) is 5.63. The summed E-state index contributed by atoms with van der Waals surface area (Å²) in [5, 5.41) is 16.3. The van der Waals surface area contributed by atoms with Gasteiger partial charge in [0.05, 0.1) is 29.1 Å². The molecule has 1 aromatic heterocycles. The molecular formula is C20H18N4O2. The number of para-hydroxylation sites is 1. The molecular weight excluding hydrogens is 328 g/mol. The van der Waals surface area contributed by atoms with Crippen molar-refractivity contribution in [2.24, 2.45) is 0 Å². The first kappa shape index (κ1) is 17.2. The van der Waals surface area contributed by atoms with Crippen molar-refractivity contribution in [3.05, 3.63) is 54.2 Å². The lowest BCUT2D eigenvalue weighted by Gasteiger charge is -2.15. The van der Waals surface area contributed by atoms with E-state index in [0.717, 1.165) is 11.1 Å². The molecule has 2 N–H and O–H groups in total. The molecule has 0 fully saturated rings. The molecule has 2 aromatic carbocycles. The molecule has 0 saturated heterocycles. The van der Waals surface area contributed by atoms with Gasteiger partial charge < -0.3 is 15.4 Å². The summed E-state index contributed by atoms with van der Waals surface area (Å²) in [5.41, 5.74) is 3.11. The van der Waals surface area contributed by atoms with Gasteiger partial charge in [0.2, 0.25) is 5.91 Å². The fourth-order valence-corrected chi connectivity index (χ4v) is 2.67. The van der Waals surface area contributed by atoms with E-state index in [-0.39, 0.29) is 5.91 Å². The fraction of sp³-hybridized carbons (Fsp3) is 0.150. The van der Waals surface area contributed by atoms with Crippen molar-refractivity contribution in [2.45, 2.75) is 13.8 Å². The van der Waals surface area contributed by atoms with Gasteiger partial charge in [-0.1, -0.05) is 18.2 Å². The predicted molar refractivity (Wildman–Crippen MR) is 102 cm³/mol. The molecule has 0 aliphatic rings. The van der Waals surface area contributed by atoms with Crippen LogP contribution in [0.1, 0.15) is 19.4 Å². The third-order valence-electron chi connectivity index (χ3n) is 3.74. The molecule has 3 aromatic rings. The van der Waals surface area contributed by atoms with E-state index in [1.165, 1.54) is 13.1 Å². The van der Waals surface area contributed by atoms with Gasteiger partial charge in [-0.25, -0.2) is 0 Å². The van der Waals surface area contributed by atoms with E-state index in [4.69, 9.17) is 4.74 Å². The maximum atomic E-state index is 11.6. The van der Waals surface area contributed by atoms with Gasteiger partial charge in [-0.2, -0.15) is 5.26 Å². The number of aromatic nitrogens is 1. The smallest absolute Gasteiger partial charge is 0.221 e. The molecule has 3 rings (SSSR count). The minimum Gasteiger partial charge on any atom is -0.492 e. The fourth-order valence-electron chi connectivity index (χ4n) is 2.67. The minimum absolute atomic E-state index is 0.202. The van der Waals surface area contributed by atoms with Crippen LogP contribution in [0.2, 0.25) is 0 Å². The van der Waals surface area contributed by atoms with Crippen molar-refractivity contribution >= 4 is 33.9 Å². The van der Waals surface area contributed by atoms with Crippen LogP contribution in [0.4, 0.5) is 17.1 Å². The highest BCUT2D eigenvalue weighted by Crippen LogP contribution is 2.36. The third-order valence-corrected chi connectivity index (χ3v) is 3.74. The molecule has 6 nitrogen and oxygen atoms in total. The van der Waals surface area contributed by atoms with Crippen LogP contribution >= 0.6 is 0 Å². The first-order chi connectivity index (χ1) is 12.6. The van der Waals surface area contributed by atoms with Gasteiger partial charge in [-0.15, -0.1) is 0 Å². The Labute approximate surface area is 151 Å². The average molecular weight is 346 g/mol. The topological polar surface area (TPSA) is 87.0 Å². The molecule has 0 unspecified atom stereocenters. The van der Waals surface area contributed by atoms with Crippen LogP contribution in [0.15, 0.2) is 48.7 Å². The van der Waals surface area contributed by atoms with Crippen LogP contribution in [0, 0.1) is 11.3 Å². The minimum atomic E-state index is -0.202. The Morgan fingerprint density at radius 2 is 2.04 bits per heavy atom. The van der Waals surface area contributed by atoms with Gasteiger partial charge in [0, 0.05) is 30.3 Å². The Morgan fingerprint density at radius 1 is 1.27 bits per heavy atom. The molecule has 1 heterocycles.